The maximum Gasteiger partial charge on any atom is 0.416 e. The van der Waals surface area contributed by atoms with Crippen LogP contribution in [-0.4, -0.2) is 73.2 Å². The van der Waals surface area contributed by atoms with Gasteiger partial charge in [-0.3, -0.25) is 19.6 Å². The van der Waals surface area contributed by atoms with Gasteiger partial charge in [0.15, 0.2) is 0 Å². The highest BCUT2D eigenvalue weighted by Crippen LogP contribution is 2.33. The molecule has 2 fully saturated rings. The van der Waals surface area contributed by atoms with Gasteiger partial charge in [-0.15, -0.1) is 0 Å². The van der Waals surface area contributed by atoms with E-state index in [4.69, 9.17) is 4.74 Å². The van der Waals surface area contributed by atoms with Gasteiger partial charge >= 0.3 is 12.1 Å². The van der Waals surface area contributed by atoms with E-state index in [-0.39, 0.29) is 5.97 Å². The van der Waals surface area contributed by atoms with Crippen LogP contribution in [-0.2, 0) is 22.3 Å². The standard InChI is InChI=1S/C26H33F3N4O2/c1-35-25(34)8-7-21-19-31(18-20-4-3-10-30-17-20)11-9-24(21)33-14-12-32(13-15-33)23-6-2-5-22(16-23)26(27,28)29/h2-6,10,16-17,21,24H,7-9,11-15,18-19H2,1H3/t21-,24+/m0/s1. The number of esters is 1. The molecule has 0 N–H and O–H groups in total. The van der Waals surface area contributed by atoms with E-state index in [2.05, 4.69) is 20.9 Å². The van der Waals surface area contributed by atoms with Crippen molar-refractivity contribution in [3.8, 4) is 0 Å². The van der Waals surface area contributed by atoms with Crippen LogP contribution in [0.4, 0.5) is 18.9 Å². The summed E-state index contributed by atoms with van der Waals surface area (Å²) in [4.78, 5) is 23.0. The van der Waals surface area contributed by atoms with Crippen LogP contribution in [0.25, 0.3) is 0 Å². The lowest BCUT2D eigenvalue weighted by molar-refractivity contribution is -0.141. The molecular formula is C26H33F3N4O2. The Balaban J connectivity index is 1.39. The van der Waals surface area contributed by atoms with Crippen molar-refractivity contribution in [2.75, 3.05) is 51.3 Å². The van der Waals surface area contributed by atoms with Crippen LogP contribution in [0.15, 0.2) is 48.8 Å². The van der Waals surface area contributed by atoms with Crippen molar-refractivity contribution < 1.29 is 22.7 Å². The molecule has 0 spiro atoms. The number of aromatic nitrogens is 1. The van der Waals surface area contributed by atoms with Crippen LogP contribution in [0, 0.1) is 5.92 Å². The number of pyridine rings is 1. The second-order valence-corrected chi connectivity index (χ2v) is 9.40. The maximum absolute atomic E-state index is 13.1. The molecule has 0 unspecified atom stereocenters. The number of rotatable bonds is 7. The lowest BCUT2D eigenvalue weighted by Crippen LogP contribution is -2.56. The van der Waals surface area contributed by atoms with Crippen molar-refractivity contribution in [2.24, 2.45) is 5.92 Å². The fraction of sp³-hybridized carbons (Fsp3) is 0.538. The Kier molecular flexibility index (Phi) is 8.28. The minimum atomic E-state index is -4.34. The summed E-state index contributed by atoms with van der Waals surface area (Å²) in [7, 11) is 1.42. The second kappa shape index (κ2) is 11.4. The summed E-state index contributed by atoms with van der Waals surface area (Å²) in [5.41, 5.74) is 1.18. The summed E-state index contributed by atoms with van der Waals surface area (Å²) >= 11 is 0. The molecule has 0 amide bonds. The first-order valence-electron chi connectivity index (χ1n) is 12.2. The molecule has 2 aliphatic rings. The van der Waals surface area contributed by atoms with Gasteiger partial charge in [0, 0.05) is 69.8 Å². The largest absolute Gasteiger partial charge is 0.469 e. The molecule has 4 rings (SSSR count). The lowest BCUT2D eigenvalue weighted by atomic mass is 9.86. The van der Waals surface area contributed by atoms with Crippen LogP contribution in [0.1, 0.15) is 30.4 Å². The summed E-state index contributed by atoms with van der Waals surface area (Å²) in [6.07, 6.45) is 1.47. The van der Waals surface area contributed by atoms with Gasteiger partial charge < -0.3 is 9.64 Å². The van der Waals surface area contributed by atoms with Crippen molar-refractivity contribution in [2.45, 2.75) is 38.0 Å². The zero-order valence-corrected chi connectivity index (χ0v) is 20.1. The summed E-state index contributed by atoms with van der Waals surface area (Å²) in [6, 6.07) is 9.95. The van der Waals surface area contributed by atoms with Crippen molar-refractivity contribution >= 4 is 11.7 Å². The quantitative estimate of drug-likeness (QED) is 0.546. The predicted molar refractivity (Wildman–Crippen MR) is 128 cm³/mol. The molecule has 2 saturated heterocycles. The number of hydrogen-bond acceptors (Lipinski definition) is 6. The van der Waals surface area contributed by atoms with Gasteiger partial charge in [-0.05, 0) is 55.1 Å². The first-order valence-corrected chi connectivity index (χ1v) is 12.2. The molecule has 6 nitrogen and oxygen atoms in total. The Morgan fingerprint density at radius 3 is 2.60 bits per heavy atom. The molecule has 2 aliphatic heterocycles. The zero-order valence-electron chi connectivity index (χ0n) is 20.1. The summed E-state index contributed by atoms with van der Waals surface area (Å²) in [6.45, 7) is 5.63. The van der Waals surface area contributed by atoms with Crippen molar-refractivity contribution in [1.82, 2.24) is 14.8 Å². The van der Waals surface area contributed by atoms with Crippen LogP contribution >= 0.6 is 0 Å². The Labute approximate surface area is 204 Å². The highest BCUT2D eigenvalue weighted by molar-refractivity contribution is 5.69. The Hall–Kier alpha value is -2.65. The van der Waals surface area contributed by atoms with Crippen molar-refractivity contribution in [3.05, 3.63) is 59.9 Å². The molecule has 0 saturated carbocycles. The van der Waals surface area contributed by atoms with Gasteiger partial charge in [-0.1, -0.05) is 12.1 Å². The van der Waals surface area contributed by atoms with E-state index in [1.807, 2.05) is 17.2 Å². The minimum absolute atomic E-state index is 0.192. The third kappa shape index (κ3) is 6.73. The average Bonchev–Trinajstić information content (AvgIpc) is 2.88. The van der Waals surface area contributed by atoms with E-state index < -0.39 is 11.7 Å². The number of piperidine rings is 1. The smallest absolute Gasteiger partial charge is 0.416 e. The fourth-order valence-electron chi connectivity index (χ4n) is 5.35. The monoisotopic (exact) mass is 490 g/mol. The molecular weight excluding hydrogens is 457 g/mol. The SMILES string of the molecule is COC(=O)CC[C@H]1CN(Cc2cccnc2)CC[C@H]1N1CCN(c2cccc(C(F)(F)F)c2)CC1. The van der Waals surface area contributed by atoms with E-state index in [0.717, 1.165) is 51.6 Å². The summed E-state index contributed by atoms with van der Waals surface area (Å²) in [5, 5.41) is 0. The molecule has 0 aliphatic carbocycles. The van der Waals surface area contributed by atoms with Crippen molar-refractivity contribution in [3.63, 3.8) is 0 Å². The first kappa shape index (κ1) is 25.4. The molecule has 2 aromatic rings. The first-order chi connectivity index (χ1) is 16.8. The normalized spacial score (nSPS) is 22.2. The number of ether oxygens (including phenoxy) is 1. The van der Waals surface area contributed by atoms with E-state index >= 15 is 0 Å². The van der Waals surface area contributed by atoms with Gasteiger partial charge in [0.05, 0.1) is 12.7 Å². The third-order valence-electron chi connectivity index (χ3n) is 7.18. The topological polar surface area (TPSA) is 48.9 Å². The van der Waals surface area contributed by atoms with E-state index in [1.165, 1.54) is 24.8 Å². The predicted octanol–water partition coefficient (Wildman–Crippen LogP) is 4.07. The number of likely N-dealkylation sites (tertiary alicyclic amines) is 1. The second-order valence-electron chi connectivity index (χ2n) is 9.40. The van der Waals surface area contributed by atoms with Crippen LogP contribution in [0.5, 0.6) is 0 Å². The van der Waals surface area contributed by atoms with Gasteiger partial charge in [0.25, 0.3) is 0 Å². The van der Waals surface area contributed by atoms with Gasteiger partial charge in [-0.2, -0.15) is 13.2 Å². The number of hydrogen-bond donors (Lipinski definition) is 0. The number of piperazine rings is 1. The fourth-order valence-corrected chi connectivity index (χ4v) is 5.35. The maximum atomic E-state index is 13.1. The zero-order chi connectivity index (χ0) is 24.8. The van der Waals surface area contributed by atoms with Crippen LogP contribution in [0.2, 0.25) is 0 Å². The lowest BCUT2D eigenvalue weighted by Gasteiger charge is -2.47. The Morgan fingerprint density at radius 1 is 1.11 bits per heavy atom. The number of alkyl halides is 3. The Morgan fingerprint density at radius 2 is 1.91 bits per heavy atom. The van der Waals surface area contributed by atoms with E-state index in [0.29, 0.717) is 37.2 Å². The van der Waals surface area contributed by atoms with Crippen LogP contribution < -0.4 is 4.90 Å². The molecule has 1 aromatic carbocycles. The number of anilines is 1. The van der Waals surface area contributed by atoms with E-state index in [9.17, 15) is 18.0 Å². The molecule has 3 heterocycles. The van der Waals surface area contributed by atoms with Gasteiger partial charge in [-0.25, -0.2) is 0 Å². The summed E-state index contributed by atoms with van der Waals surface area (Å²) in [5.74, 6) is 0.127. The highest BCUT2D eigenvalue weighted by atomic mass is 19.4. The Bertz CT molecular complexity index is 965. The molecule has 9 heteroatoms. The molecule has 0 radical (unpaired) electrons. The van der Waals surface area contributed by atoms with Crippen molar-refractivity contribution in [1.29, 1.82) is 0 Å². The third-order valence-corrected chi connectivity index (χ3v) is 7.18. The molecule has 2 atom stereocenters. The molecule has 0 bridgehead atoms. The average molecular weight is 491 g/mol. The number of carbonyl (C=O) groups is 1. The van der Waals surface area contributed by atoms with Gasteiger partial charge in [0.1, 0.15) is 0 Å². The number of halogens is 3. The number of nitrogens with zero attached hydrogens (tertiary/aromatic N) is 4. The molecule has 190 valence electrons. The molecule has 1 aromatic heterocycles. The van der Waals surface area contributed by atoms with Gasteiger partial charge in [0.2, 0.25) is 0 Å². The number of benzene rings is 1. The summed E-state index contributed by atoms with van der Waals surface area (Å²) < 4.78 is 44.3. The molecule has 35 heavy (non-hydrogen) atoms. The minimum Gasteiger partial charge on any atom is -0.469 e. The number of methoxy groups -OCH3 is 1. The van der Waals surface area contributed by atoms with Crippen LogP contribution in [0.3, 0.4) is 0 Å². The highest BCUT2D eigenvalue weighted by Gasteiger charge is 2.35. The number of carbonyl (C=O) groups excluding carboxylic acids is 1. The van der Waals surface area contributed by atoms with E-state index in [1.54, 1.807) is 12.3 Å².